The lowest BCUT2D eigenvalue weighted by molar-refractivity contribution is -0.115. The molecule has 0 spiro atoms. The molecule has 1 heterocycles. The summed E-state index contributed by atoms with van der Waals surface area (Å²) in [6.45, 7) is 3.44. The number of aryl methyl sites for hydroxylation is 1. The quantitative estimate of drug-likeness (QED) is 0.459. The third kappa shape index (κ3) is 7.04. The maximum absolute atomic E-state index is 12.9. The predicted molar refractivity (Wildman–Crippen MR) is 103 cm³/mol. The van der Waals surface area contributed by atoms with Gasteiger partial charge < -0.3 is 10.1 Å². The standard InChI is InChI=1S/C17H17F2IN4O3/c1-3-14(25)24-16-22-10(2)7-13(23-16)15(26)21-9-11-5-4-6-12(8-11)27-17(18,19)20/h4-8H,3,9H2,1-2H3,(H,21,26)(H,22,23,24,25). The maximum Gasteiger partial charge on any atom is 0.451 e. The fourth-order valence-electron chi connectivity index (χ4n) is 2.08. The Labute approximate surface area is 168 Å². The fourth-order valence-corrected chi connectivity index (χ4v) is 2.33. The van der Waals surface area contributed by atoms with Gasteiger partial charge in [0.15, 0.2) is 0 Å². The van der Waals surface area contributed by atoms with Crippen molar-refractivity contribution in [2.24, 2.45) is 0 Å². The van der Waals surface area contributed by atoms with Gasteiger partial charge in [0.05, 0.1) is 22.6 Å². The minimum absolute atomic E-state index is 0.0106. The van der Waals surface area contributed by atoms with Gasteiger partial charge in [0, 0.05) is 18.7 Å². The van der Waals surface area contributed by atoms with E-state index in [1.54, 1.807) is 26.0 Å². The number of amides is 2. The number of carbonyl (C=O) groups is 2. The Balaban J connectivity index is 2.05. The van der Waals surface area contributed by atoms with E-state index in [1.165, 1.54) is 18.2 Å². The van der Waals surface area contributed by atoms with Crippen LogP contribution in [0.1, 0.15) is 35.1 Å². The molecule has 0 atom stereocenters. The molecule has 27 heavy (non-hydrogen) atoms. The van der Waals surface area contributed by atoms with E-state index in [1.807, 2.05) is 0 Å². The van der Waals surface area contributed by atoms with Crippen molar-refractivity contribution in [3.63, 3.8) is 0 Å². The van der Waals surface area contributed by atoms with E-state index >= 15 is 0 Å². The summed E-state index contributed by atoms with van der Waals surface area (Å²) in [5, 5.41) is 5.14. The van der Waals surface area contributed by atoms with E-state index in [4.69, 9.17) is 0 Å². The molecule has 0 unspecified atom stereocenters. The van der Waals surface area contributed by atoms with Gasteiger partial charge in [0.1, 0.15) is 11.4 Å². The van der Waals surface area contributed by atoms with Crippen LogP contribution in [-0.2, 0) is 11.3 Å². The third-order valence-corrected chi connectivity index (χ3v) is 3.46. The van der Waals surface area contributed by atoms with Crippen molar-refractivity contribution >= 4 is 40.4 Å². The van der Waals surface area contributed by atoms with Crippen LogP contribution in [0.2, 0.25) is 0 Å². The van der Waals surface area contributed by atoms with Crippen LogP contribution in [-0.4, -0.2) is 25.9 Å². The summed E-state index contributed by atoms with van der Waals surface area (Å²) >= 11 is 0.879. The molecule has 1 aromatic carbocycles. The number of benzene rings is 1. The average molecular weight is 490 g/mol. The normalized spacial score (nSPS) is 11.0. The van der Waals surface area contributed by atoms with Gasteiger partial charge in [0.25, 0.3) is 5.91 Å². The Morgan fingerprint density at radius 2 is 2.00 bits per heavy atom. The lowest BCUT2D eigenvalue weighted by Gasteiger charge is -2.12. The van der Waals surface area contributed by atoms with Crippen molar-refractivity contribution in [3.05, 3.63) is 47.3 Å². The molecule has 0 bridgehead atoms. The molecule has 0 aliphatic rings. The smallest absolute Gasteiger partial charge is 0.425 e. The highest BCUT2D eigenvalue weighted by Crippen LogP contribution is 2.27. The van der Waals surface area contributed by atoms with Crippen LogP contribution in [0.3, 0.4) is 0 Å². The zero-order valence-electron chi connectivity index (χ0n) is 14.6. The minimum Gasteiger partial charge on any atom is -0.425 e. The van der Waals surface area contributed by atoms with Crippen LogP contribution in [0.25, 0.3) is 0 Å². The van der Waals surface area contributed by atoms with Gasteiger partial charge in [-0.1, -0.05) is 19.1 Å². The molecule has 2 aromatic rings. The van der Waals surface area contributed by atoms with Crippen molar-refractivity contribution in [1.29, 1.82) is 0 Å². The Hall–Kier alpha value is -2.37. The summed E-state index contributed by atoms with van der Waals surface area (Å²) in [4.78, 5) is 31.9. The van der Waals surface area contributed by atoms with Crippen molar-refractivity contribution < 1.29 is 23.1 Å². The Morgan fingerprint density at radius 3 is 2.67 bits per heavy atom. The highest BCUT2D eigenvalue weighted by atomic mass is 127. The van der Waals surface area contributed by atoms with E-state index in [0.29, 0.717) is 11.3 Å². The predicted octanol–water partition coefficient (Wildman–Crippen LogP) is 3.43. The van der Waals surface area contributed by atoms with E-state index < -0.39 is 10.0 Å². The first-order valence-corrected chi connectivity index (χ1v) is 9.02. The largest absolute Gasteiger partial charge is 0.451 e. The molecule has 0 saturated heterocycles. The molecule has 1 aromatic heterocycles. The second kappa shape index (κ2) is 9.02. The maximum atomic E-state index is 12.9. The first kappa shape index (κ1) is 20.9. The molecular formula is C17H17F2IN4O3. The summed E-state index contributed by atoms with van der Waals surface area (Å²) in [7, 11) is 0. The minimum atomic E-state index is -3.32. The molecular weight excluding hydrogens is 473 g/mol. The van der Waals surface area contributed by atoms with Gasteiger partial charge in [-0.05, 0) is 30.7 Å². The SMILES string of the molecule is CCC(=O)Nc1nc(C)cc(C(=O)NCc2cccc(OC(F)(F)I)c2)n1. The molecule has 144 valence electrons. The highest BCUT2D eigenvalue weighted by Gasteiger charge is 2.26. The summed E-state index contributed by atoms with van der Waals surface area (Å²) in [6, 6.07) is 7.50. The molecule has 2 amide bonds. The van der Waals surface area contributed by atoms with Gasteiger partial charge in [-0.2, -0.15) is 8.78 Å². The zero-order valence-corrected chi connectivity index (χ0v) is 16.7. The Kier molecular flexibility index (Phi) is 6.99. The number of aromatic nitrogens is 2. The number of carbonyl (C=O) groups excluding carboxylic acids is 2. The van der Waals surface area contributed by atoms with E-state index in [-0.39, 0.29) is 36.3 Å². The number of halogens is 3. The number of alkyl halides is 3. The van der Waals surface area contributed by atoms with Crippen LogP contribution in [0.15, 0.2) is 30.3 Å². The topological polar surface area (TPSA) is 93.2 Å². The summed E-state index contributed by atoms with van der Waals surface area (Å²) < 4.78 is 27.0. The Bertz CT molecular complexity index is 843. The van der Waals surface area contributed by atoms with Crippen molar-refractivity contribution in [1.82, 2.24) is 15.3 Å². The average Bonchev–Trinajstić information content (AvgIpc) is 2.57. The van der Waals surface area contributed by atoms with Crippen LogP contribution in [0.5, 0.6) is 5.75 Å². The Morgan fingerprint density at radius 1 is 1.26 bits per heavy atom. The molecule has 0 aliphatic carbocycles. The first-order chi connectivity index (χ1) is 12.7. The second-order valence-corrected chi connectivity index (χ2v) is 6.75. The van der Waals surface area contributed by atoms with E-state index in [9.17, 15) is 18.4 Å². The molecule has 2 N–H and O–H groups in total. The molecule has 7 nitrogen and oxygen atoms in total. The summed E-state index contributed by atoms with van der Waals surface area (Å²) in [5.41, 5.74) is 1.17. The monoisotopic (exact) mass is 490 g/mol. The van der Waals surface area contributed by atoms with Crippen molar-refractivity contribution in [3.8, 4) is 5.75 Å². The third-order valence-electron chi connectivity index (χ3n) is 3.24. The second-order valence-electron chi connectivity index (χ2n) is 5.50. The van der Waals surface area contributed by atoms with Crippen molar-refractivity contribution in [2.45, 2.75) is 30.9 Å². The molecule has 0 radical (unpaired) electrons. The zero-order chi connectivity index (χ0) is 20.0. The van der Waals surface area contributed by atoms with Gasteiger partial charge >= 0.3 is 4.12 Å². The highest BCUT2D eigenvalue weighted by molar-refractivity contribution is 14.1. The van der Waals surface area contributed by atoms with Gasteiger partial charge in [-0.3, -0.25) is 14.9 Å². The molecule has 0 saturated carbocycles. The molecule has 2 rings (SSSR count). The summed E-state index contributed by atoms with van der Waals surface area (Å²) in [5.74, 6) is -0.718. The number of nitrogens with one attached hydrogen (secondary N) is 2. The number of anilines is 1. The molecule has 0 fully saturated rings. The fraction of sp³-hybridized carbons (Fsp3) is 0.294. The number of hydrogen-bond acceptors (Lipinski definition) is 5. The van der Waals surface area contributed by atoms with E-state index in [2.05, 4.69) is 25.3 Å². The number of ether oxygens (including phenoxy) is 1. The van der Waals surface area contributed by atoms with Crippen LogP contribution in [0.4, 0.5) is 14.7 Å². The van der Waals surface area contributed by atoms with Gasteiger partial charge in [-0.15, -0.1) is 0 Å². The van der Waals surface area contributed by atoms with Crippen LogP contribution >= 0.6 is 22.6 Å². The van der Waals surface area contributed by atoms with Crippen LogP contribution in [0, 0.1) is 6.92 Å². The number of rotatable bonds is 7. The van der Waals surface area contributed by atoms with Gasteiger partial charge in [0.2, 0.25) is 11.9 Å². The number of hydrogen-bond donors (Lipinski definition) is 2. The van der Waals surface area contributed by atoms with E-state index in [0.717, 1.165) is 22.6 Å². The lowest BCUT2D eigenvalue weighted by Crippen LogP contribution is -2.25. The first-order valence-electron chi connectivity index (χ1n) is 7.94. The van der Waals surface area contributed by atoms with Crippen LogP contribution < -0.4 is 15.4 Å². The number of nitrogens with zero attached hydrogens (tertiary/aromatic N) is 2. The molecule has 10 heteroatoms. The van der Waals surface area contributed by atoms with Gasteiger partial charge in [-0.25, -0.2) is 9.97 Å². The summed E-state index contributed by atoms with van der Waals surface area (Å²) in [6.07, 6.45) is 0.257. The van der Waals surface area contributed by atoms with Crippen molar-refractivity contribution in [2.75, 3.05) is 5.32 Å². The lowest BCUT2D eigenvalue weighted by atomic mass is 10.2. The molecule has 0 aliphatic heterocycles.